The molecule has 2 aromatic rings. The summed E-state index contributed by atoms with van der Waals surface area (Å²) >= 11 is 10.3. The first-order valence-corrected chi connectivity index (χ1v) is 8.27. The van der Waals surface area contributed by atoms with Crippen molar-refractivity contribution in [3.05, 3.63) is 51.8 Å². The van der Waals surface area contributed by atoms with Gasteiger partial charge in [-0.25, -0.2) is 0 Å². The molecule has 20 heavy (non-hydrogen) atoms. The lowest BCUT2D eigenvalue weighted by Gasteiger charge is -2.30. The molecule has 1 aliphatic rings. The van der Waals surface area contributed by atoms with Gasteiger partial charge in [0.05, 0.1) is 16.4 Å². The topological polar surface area (TPSA) is 17.8 Å². The lowest BCUT2D eigenvalue weighted by atomic mass is 9.81. The summed E-state index contributed by atoms with van der Waals surface area (Å²) in [5.41, 5.74) is 4.97. The number of benzene rings is 1. The summed E-state index contributed by atoms with van der Waals surface area (Å²) in [4.78, 5) is 0.402. The van der Waals surface area contributed by atoms with Crippen LogP contribution in [-0.4, -0.2) is 9.78 Å². The van der Waals surface area contributed by atoms with Crippen LogP contribution in [0.15, 0.2) is 24.3 Å². The first-order chi connectivity index (χ1) is 9.58. The minimum atomic E-state index is 0.402. The van der Waals surface area contributed by atoms with Gasteiger partial charge in [0, 0.05) is 11.9 Å². The van der Waals surface area contributed by atoms with Crippen LogP contribution in [0, 0.1) is 12.8 Å². The molecule has 1 heterocycles. The third kappa shape index (κ3) is 2.42. The van der Waals surface area contributed by atoms with E-state index in [0.29, 0.717) is 10.7 Å². The fourth-order valence-corrected chi connectivity index (χ4v) is 4.26. The number of hydrogen-bond acceptors (Lipinski definition) is 1. The van der Waals surface area contributed by atoms with Gasteiger partial charge in [-0.3, -0.25) is 4.68 Å². The van der Waals surface area contributed by atoms with Gasteiger partial charge in [0.25, 0.3) is 0 Å². The first kappa shape index (κ1) is 14.2. The fraction of sp³-hybridized carbons (Fsp3) is 0.438. The van der Waals surface area contributed by atoms with E-state index in [2.05, 4.69) is 45.3 Å². The quantitative estimate of drug-likeness (QED) is 0.720. The number of halogens is 2. The molecule has 1 aliphatic carbocycles. The molecule has 1 aromatic heterocycles. The number of aromatic nitrogens is 2. The third-order valence-electron chi connectivity index (χ3n) is 4.27. The second-order valence-electron chi connectivity index (χ2n) is 5.57. The molecule has 0 bridgehead atoms. The SMILES string of the molecule is Cc1nn(C)c(CC2CCc3ccccc3C2Br)c1Cl. The second kappa shape index (κ2) is 5.53. The molecule has 1 aromatic carbocycles. The van der Waals surface area contributed by atoms with Gasteiger partial charge in [0.1, 0.15) is 0 Å². The Labute approximate surface area is 133 Å². The summed E-state index contributed by atoms with van der Waals surface area (Å²) in [6.45, 7) is 1.97. The maximum Gasteiger partial charge on any atom is 0.0847 e. The van der Waals surface area contributed by atoms with Crippen LogP contribution in [-0.2, 0) is 19.9 Å². The van der Waals surface area contributed by atoms with E-state index in [0.717, 1.165) is 29.3 Å². The minimum Gasteiger partial charge on any atom is -0.271 e. The summed E-state index contributed by atoms with van der Waals surface area (Å²) < 4.78 is 1.93. The van der Waals surface area contributed by atoms with Crippen LogP contribution < -0.4 is 0 Å². The molecule has 0 spiro atoms. The summed E-state index contributed by atoms with van der Waals surface area (Å²) in [5.74, 6) is 0.567. The summed E-state index contributed by atoms with van der Waals surface area (Å²) in [7, 11) is 1.98. The fourth-order valence-electron chi connectivity index (χ4n) is 3.13. The van der Waals surface area contributed by atoms with Gasteiger partial charge in [-0.2, -0.15) is 5.10 Å². The summed E-state index contributed by atoms with van der Waals surface area (Å²) in [5, 5.41) is 5.24. The van der Waals surface area contributed by atoms with E-state index in [4.69, 9.17) is 11.6 Å². The molecule has 0 amide bonds. The Balaban J connectivity index is 1.86. The zero-order valence-corrected chi connectivity index (χ0v) is 14.1. The zero-order chi connectivity index (χ0) is 14.3. The molecule has 106 valence electrons. The van der Waals surface area contributed by atoms with Crippen LogP contribution in [0.25, 0.3) is 0 Å². The Morgan fingerprint density at radius 1 is 1.40 bits per heavy atom. The van der Waals surface area contributed by atoms with Gasteiger partial charge in [0.15, 0.2) is 0 Å². The predicted octanol–water partition coefficient (Wildman–Crippen LogP) is 4.62. The zero-order valence-electron chi connectivity index (χ0n) is 11.7. The summed E-state index contributed by atoms with van der Waals surface area (Å²) in [6.07, 6.45) is 3.31. The van der Waals surface area contributed by atoms with Crippen molar-refractivity contribution in [1.82, 2.24) is 9.78 Å². The van der Waals surface area contributed by atoms with E-state index in [1.807, 2.05) is 18.7 Å². The molecule has 0 fully saturated rings. The maximum atomic E-state index is 6.38. The third-order valence-corrected chi connectivity index (χ3v) is 6.00. The number of fused-ring (bicyclic) bond motifs is 1. The molecule has 0 saturated heterocycles. The van der Waals surface area contributed by atoms with E-state index in [1.165, 1.54) is 17.5 Å². The van der Waals surface area contributed by atoms with Crippen molar-refractivity contribution in [3.63, 3.8) is 0 Å². The van der Waals surface area contributed by atoms with Crippen LogP contribution in [0.4, 0.5) is 0 Å². The number of nitrogens with zero attached hydrogens (tertiary/aromatic N) is 2. The van der Waals surface area contributed by atoms with Crippen molar-refractivity contribution in [2.75, 3.05) is 0 Å². The highest BCUT2D eigenvalue weighted by molar-refractivity contribution is 9.09. The van der Waals surface area contributed by atoms with Gasteiger partial charge in [-0.05, 0) is 43.2 Å². The van der Waals surface area contributed by atoms with Crippen LogP contribution in [0.5, 0.6) is 0 Å². The van der Waals surface area contributed by atoms with E-state index in [-0.39, 0.29) is 0 Å². The maximum absolute atomic E-state index is 6.38. The molecule has 2 unspecified atom stereocenters. The molecule has 3 rings (SSSR count). The van der Waals surface area contributed by atoms with Crippen LogP contribution in [0.1, 0.15) is 33.8 Å². The minimum absolute atomic E-state index is 0.402. The lowest BCUT2D eigenvalue weighted by molar-refractivity contribution is 0.440. The average molecular weight is 354 g/mol. The van der Waals surface area contributed by atoms with E-state index < -0.39 is 0 Å². The highest BCUT2D eigenvalue weighted by Gasteiger charge is 2.29. The van der Waals surface area contributed by atoms with Gasteiger partial charge in [-0.15, -0.1) is 0 Å². The second-order valence-corrected chi connectivity index (χ2v) is 6.94. The van der Waals surface area contributed by atoms with Crippen LogP contribution >= 0.6 is 27.5 Å². The molecule has 2 nitrogen and oxygen atoms in total. The highest BCUT2D eigenvalue weighted by atomic mass is 79.9. The molecule has 0 saturated carbocycles. The first-order valence-electron chi connectivity index (χ1n) is 6.97. The van der Waals surface area contributed by atoms with Crippen molar-refractivity contribution in [3.8, 4) is 0 Å². The van der Waals surface area contributed by atoms with Crippen LogP contribution in [0.3, 0.4) is 0 Å². The van der Waals surface area contributed by atoms with E-state index in [9.17, 15) is 0 Å². The largest absolute Gasteiger partial charge is 0.271 e. The summed E-state index contributed by atoms with van der Waals surface area (Å²) in [6, 6.07) is 8.72. The predicted molar refractivity (Wildman–Crippen MR) is 86.6 cm³/mol. The van der Waals surface area contributed by atoms with Crippen molar-refractivity contribution in [2.45, 2.75) is 31.0 Å². The number of alkyl halides is 1. The standard InChI is InChI=1S/C16H18BrClN2/c1-10-16(18)14(20(2)19-10)9-12-8-7-11-5-3-4-6-13(11)15(12)17/h3-6,12,15H,7-9H2,1-2H3. The monoisotopic (exact) mass is 352 g/mol. The smallest absolute Gasteiger partial charge is 0.0847 e. The Morgan fingerprint density at radius 3 is 2.85 bits per heavy atom. The molecule has 0 aliphatic heterocycles. The normalized spacial score (nSPS) is 21.8. The van der Waals surface area contributed by atoms with Crippen molar-refractivity contribution in [2.24, 2.45) is 13.0 Å². The molecular weight excluding hydrogens is 336 g/mol. The van der Waals surface area contributed by atoms with E-state index in [1.54, 1.807) is 0 Å². The van der Waals surface area contributed by atoms with E-state index >= 15 is 0 Å². The van der Waals surface area contributed by atoms with Crippen molar-refractivity contribution < 1.29 is 0 Å². The Bertz CT molecular complexity index is 635. The lowest BCUT2D eigenvalue weighted by Crippen LogP contribution is -2.20. The van der Waals surface area contributed by atoms with Gasteiger partial charge in [0.2, 0.25) is 0 Å². The van der Waals surface area contributed by atoms with Gasteiger partial charge < -0.3 is 0 Å². The molecule has 4 heteroatoms. The van der Waals surface area contributed by atoms with Crippen LogP contribution in [0.2, 0.25) is 5.02 Å². The number of aryl methyl sites for hydroxylation is 3. The Kier molecular flexibility index (Phi) is 3.91. The van der Waals surface area contributed by atoms with Gasteiger partial charge in [-0.1, -0.05) is 51.8 Å². The molecular formula is C16H18BrClN2. The number of rotatable bonds is 2. The van der Waals surface area contributed by atoms with Crippen molar-refractivity contribution in [1.29, 1.82) is 0 Å². The molecule has 2 atom stereocenters. The number of hydrogen-bond donors (Lipinski definition) is 0. The molecule has 0 radical (unpaired) electrons. The van der Waals surface area contributed by atoms with Crippen molar-refractivity contribution >= 4 is 27.5 Å². The van der Waals surface area contributed by atoms with Gasteiger partial charge >= 0.3 is 0 Å². The highest BCUT2D eigenvalue weighted by Crippen LogP contribution is 2.42. The molecule has 0 N–H and O–H groups in total. The average Bonchev–Trinajstić information content (AvgIpc) is 2.68. The Morgan fingerprint density at radius 2 is 2.15 bits per heavy atom. The Hall–Kier alpha value is -0.800.